The molecule has 2 aromatic heterocycles. The molecule has 0 aliphatic rings. The molecule has 0 bridgehead atoms. The smallest absolute Gasteiger partial charge is 0.225 e. The molecule has 0 amide bonds. The third-order valence-electron chi connectivity index (χ3n) is 2.60. The summed E-state index contributed by atoms with van der Waals surface area (Å²) in [5.74, 6) is 1.30. The second-order valence-electron chi connectivity index (χ2n) is 4.21. The van der Waals surface area contributed by atoms with E-state index in [0.717, 1.165) is 16.0 Å². The van der Waals surface area contributed by atoms with E-state index in [-0.39, 0.29) is 0 Å². The molecule has 7 heteroatoms. The zero-order valence-corrected chi connectivity index (χ0v) is 12.0. The summed E-state index contributed by atoms with van der Waals surface area (Å²) in [5.41, 5.74) is 0. The van der Waals surface area contributed by atoms with Gasteiger partial charge >= 0.3 is 0 Å². The Hall–Kier alpha value is -1.44. The molecule has 1 unspecified atom stereocenters. The lowest BCUT2D eigenvalue weighted by Gasteiger charge is -2.12. The number of aryl methyl sites for hydroxylation is 1. The van der Waals surface area contributed by atoms with Crippen LogP contribution in [0.3, 0.4) is 0 Å². The molecule has 0 saturated heterocycles. The topological polar surface area (TPSA) is 79.3 Å². The number of rotatable bonds is 6. The van der Waals surface area contributed by atoms with Gasteiger partial charge in [0.05, 0.1) is 18.1 Å². The highest BCUT2D eigenvalue weighted by molar-refractivity contribution is 7.18. The maximum atomic E-state index is 9.67. The second kappa shape index (κ2) is 6.14. The van der Waals surface area contributed by atoms with Crippen LogP contribution in [0.4, 0.5) is 11.8 Å². The first kappa shape index (κ1) is 14.0. The standard InChI is InChI=1S/C12H18N4O2S/c1-7-4-9-10(14-5-8(17)6-18-3)15-12(13-2)16-11(9)19-7/h4,8,17H,5-6H2,1-3H3,(H2,13,14,15,16). The zero-order chi connectivity index (χ0) is 13.8. The van der Waals surface area contributed by atoms with Crippen molar-refractivity contribution in [3.63, 3.8) is 0 Å². The number of anilines is 2. The fourth-order valence-electron chi connectivity index (χ4n) is 1.75. The molecule has 6 nitrogen and oxygen atoms in total. The fourth-order valence-corrected chi connectivity index (χ4v) is 2.63. The Labute approximate surface area is 115 Å². The number of aliphatic hydroxyl groups excluding tert-OH is 1. The molecular formula is C12H18N4O2S. The van der Waals surface area contributed by atoms with Crippen LogP contribution >= 0.6 is 11.3 Å². The predicted molar refractivity (Wildman–Crippen MR) is 78.1 cm³/mol. The number of ether oxygens (including phenoxy) is 1. The molecule has 0 fully saturated rings. The minimum Gasteiger partial charge on any atom is -0.389 e. The maximum Gasteiger partial charge on any atom is 0.225 e. The highest BCUT2D eigenvalue weighted by Crippen LogP contribution is 2.29. The van der Waals surface area contributed by atoms with Crippen LogP contribution in [-0.2, 0) is 4.74 Å². The molecule has 3 N–H and O–H groups in total. The number of aliphatic hydroxyl groups is 1. The molecule has 2 heterocycles. The molecule has 0 spiro atoms. The first-order valence-electron chi connectivity index (χ1n) is 6.01. The van der Waals surface area contributed by atoms with Gasteiger partial charge in [0.2, 0.25) is 5.95 Å². The summed E-state index contributed by atoms with van der Waals surface area (Å²) in [6.45, 7) is 2.72. The van der Waals surface area contributed by atoms with E-state index >= 15 is 0 Å². The SMILES string of the molecule is CNc1nc(NCC(O)COC)c2cc(C)sc2n1. The molecule has 0 aromatic carbocycles. The summed E-state index contributed by atoms with van der Waals surface area (Å²) < 4.78 is 4.90. The minimum atomic E-state index is -0.562. The molecule has 0 saturated carbocycles. The van der Waals surface area contributed by atoms with Crippen LogP contribution in [0.5, 0.6) is 0 Å². The number of nitrogens with one attached hydrogen (secondary N) is 2. The van der Waals surface area contributed by atoms with E-state index in [0.29, 0.717) is 19.1 Å². The van der Waals surface area contributed by atoms with Gasteiger partial charge in [-0.3, -0.25) is 0 Å². The van der Waals surface area contributed by atoms with Crippen molar-refractivity contribution in [2.45, 2.75) is 13.0 Å². The number of methoxy groups -OCH3 is 1. The summed E-state index contributed by atoms with van der Waals surface area (Å²) >= 11 is 1.62. The highest BCUT2D eigenvalue weighted by atomic mass is 32.1. The van der Waals surface area contributed by atoms with Gasteiger partial charge in [-0.1, -0.05) is 0 Å². The zero-order valence-electron chi connectivity index (χ0n) is 11.2. The van der Waals surface area contributed by atoms with Crippen molar-refractivity contribution < 1.29 is 9.84 Å². The Morgan fingerprint density at radius 3 is 2.95 bits per heavy atom. The lowest BCUT2D eigenvalue weighted by Crippen LogP contribution is -2.24. The summed E-state index contributed by atoms with van der Waals surface area (Å²) in [4.78, 5) is 10.9. The van der Waals surface area contributed by atoms with Gasteiger partial charge in [0, 0.05) is 25.6 Å². The third kappa shape index (κ3) is 3.31. The average molecular weight is 282 g/mol. The summed E-state index contributed by atoms with van der Waals surface area (Å²) in [5, 5.41) is 16.7. The van der Waals surface area contributed by atoms with E-state index in [1.54, 1.807) is 25.5 Å². The summed E-state index contributed by atoms with van der Waals surface area (Å²) in [6.07, 6.45) is -0.562. The van der Waals surface area contributed by atoms with Crippen molar-refractivity contribution >= 4 is 33.3 Å². The van der Waals surface area contributed by atoms with Crippen molar-refractivity contribution in [1.29, 1.82) is 0 Å². The van der Waals surface area contributed by atoms with Crippen molar-refractivity contribution in [2.24, 2.45) is 0 Å². The van der Waals surface area contributed by atoms with Gasteiger partial charge in [0.25, 0.3) is 0 Å². The van der Waals surface area contributed by atoms with Crippen molar-refractivity contribution in [3.8, 4) is 0 Å². The first-order valence-corrected chi connectivity index (χ1v) is 6.82. The van der Waals surface area contributed by atoms with E-state index in [9.17, 15) is 5.11 Å². The summed E-state index contributed by atoms with van der Waals surface area (Å²) in [6, 6.07) is 2.05. The van der Waals surface area contributed by atoms with Gasteiger partial charge in [-0.2, -0.15) is 4.98 Å². The van der Waals surface area contributed by atoms with Crippen LogP contribution in [0.25, 0.3) is 10.2 Å². The first-order chi connectivity index (χ1) is 9.13. The van der Waals surface area contributed by atoms with E-state index in [2.05, 4.69) is 20.6 Å². The van der Waals surface area contributed by atoms with Gasteiger partial charge in [0.1, 0.15) is 10.6 Å². The molecule has 104 valence electrons. The van der Waals surface area contributed by atoms with Crippen LogP contribution in [-0.4, -0.2) is 48.5 Å². The van der Waals surface area contributed by atoms with Crippen LogP contribution in [0.2, 0.25) is 0 Å². The van der Waals surface area contributed by atoms with Crippen molar-refractivity contribution in [1.82, 2.24) is 9.97 Å². The van der Waals surface area contributed by atoms with Gasteiger partial charge in [-0.25, -0.2) is 4.98 Å². The van der Waals surface area contributed by atoms with Crippen molar-refractivity contribution in [2.75, 3.05) is 37.9 Å². The second-order valence-corrected chi connectivity index (χ2v) is 5.45. The number of fused-ring (bicyclic) bond motifs is 1. The molecule has 19 heavy (non-hydrogen) atoms. The van der Waals surface area contributed by atoms with E-state index in [1.807, 2.05) is 13.0 Å². The highest BCUT2D eigenvalue weighted by Gasteiger charge is 2.11. The molecule has 0 radical (unpaired) electrons. The van der Waals surface area contributed by atoms with Crippen LogP contribution < -0.4 is 10.6 Å². The fraction of sp³-hybridized carbons (Fsp3) is 0.500. The van der Waals surface area contributed by atoms with E-state index < -0.39 is 6.10 Å². The molecule has 0 aliphatic carbocycles. The lowest BCUT2D eigenvalue weighted by molar-refractivity contribution is 0.0727. The monoisotopic (exact) mass is 282 g/mol. The molecule has 0 aliphatic heterocycles. The maximum absolute atomic E-state index is 9.67. The molecule has 2 aromatic rings. The van der Waals surface area contributed by atoms with Crippen LogP contribution in [0, 0.1) is 6.92 Å². The van der Waals surface area contributed by atoms with E-state index in [1.165, 1.54) is 4.88 Å². The number of hydrogen-bond acceptors (Lipinski definition) is 7. The minimum absolute atomic E-state index is 0.294. The van der Waals surface area contributed by atoms with Gasteiger partial charge < -0.3 is 20.5 Å². The number of aromatic nitrogens is 2. The Bertz CT molecular complexity index is 558. The van der Waals surface area contributed by atoms with Gasteiger partial charge in [-0.05, 0) is 13.0 Å². The van der Waals surface area contributed by atoms with Crippen LogP contribution in [0.15, 0.2) is 6.07 Å². The molecule has 2 rings (SSSR count). The quantitative estimate of drug-likeness (QED) is 0.744. The Kier molecular flexibility index (Phi) is 4.52. The van der Waals surface area contributed by atoms with Crippen LogP contribution in [0.1, 0.15) is 4.88 Å². The number of nitrogens with zero attached hydrogens (tertiary/aromatic N) is 2. The number of hydrogen-bond donors (Lipinski definition) is 3. The molecule has 1 atom stereocenters. The van der Waals surface area contributed by atoms with Crippen molar-refractivity contribution in [3.05, 3.63) is 10.9 Å². The Morgan fingerprint density at radius 1 is 1.47 bits per heavy atom. The van der Waals surface area contributed by atoms with Gasteiger partial charge in [0.15, 0.2) is 0 Å². The number of thiophene rings is 1. The van der Waals surface area contributed by atoms with E-state index in [4.69, 9.17) is 4.74 Å². The normalized spacial score (nSPS) is 12.6. The average Bonchev–Trinajstić information content (AvgIpc) is 2.76. The Balaban J connectivity index is 2.24. The third-order valence-corrected chi connectivity index (χ3v) is 3.55. The Morgan fingerprint density at radius 2 is 2.26 bits per heavy atom. The lowest BCUT2D eigenvalue weighted by atomic mass is 10.3. The summed E-state index contributed by atoms with van der Waals surface area (Å²) in [7, 11) is 3.35. The largest absolute Gasteiger partial charge is 0.389 e. The van der Waals surface area contributed by atoms with Gasteiger partial charge in [-0.15, -0.1) is 11.3 Å². The molecular weight excluding hydrogens is 264 g/mol. The predicted octanol–water partition coefficient (Wildman–Crippen LogP) is 1.46.